The van der Waals surface area contributed by atoms with Gasteiger partial charge in [-0.3, -0.25) is 0 Å². The van der Waals surface area contributed by atoms with E-state index < -0.39 is 5.97 Å². The van der Waals surface area contributed by atoms with Gasteiger partial charge in [0.25, 0.3) is 0 Å². The number of ether oxygens (including phenoxy) is 2. The number of hydrogen-bond donors (Lipinski definition) is 1. The number of carboxylic acid groups (broad SMARTS) is 1. The molecule has 0 amide bonds. The van der Waals surface area contributed by atoms with Crippen LogP contribution >= 0.6 is 11.3 Å². The molecule has 94 valence electrons. The number of rotatable bonds is 5. The van der Waals surface area contributed by atoms with Crippen molar-refractivity contribution in [3.05, 3.63) is 40.6 Å². The lowest BCUT2D eigenvalue weighted by molar-refractivity contribution is 0.0702. The summed E-state index contributed by atoms with van der Waals surface area (Å²) in [5.74, 6) is 0.920. The molecular formula is C13H12O4S. The van der Waals surface area contributed by atoms with Crippen LogP contribution in [-0.2, 0) is 0 Å². The Balaban J connectivity index is 2.12. The van der Waals surface area contributed by atoms with E-state index in [1.165, 1.54) is 6.07 Å². The SMILES string of the molecule is CCOc1cccc(Oc2csc(C(=O)O)c2)c1. The lowest BCUT2D eigenvalue weighted by Gasteiger charge is -2.06. The molecule has 0 aliphatic heterocycles. The fourth-order valence-corrected chi connectivity index (χ4v) is 2.06. The molecule has 0 aliphatic rings. The van der Waals surface area contributed by atoms with Crippen LogP contribution in [0.15, 0.2) is 35.7 Å². The van der Waals surface area contributed by atoms with Gasteiger partial charge in [0.15, 0.2) is 0 Å². The van der Waals surface area contributed by atoms with Crippen LogP contribution in [0.3, 0.4) is 0 Å². The molecular weight excluding hydrogens is 252 g/mol. The molecule has 1 aromatic carbocycles. The maximum Gasteiger partial charge on any atom is 0.346 e. The molecule has 5 heteroatoms. The van der Waals surface area contributed by atoms with Crippen molar-refractivity contribution in [1.29, 1.82) is 0 Å². The molecule has 2 aromatic rings. The van der Waals surface area contributed by atoms with Crippen LogP contribution < -0.4 is 9.47 Å². The summed E-state index contributed by atoms with van der Waals surface area (Å²) in [5, 5.41) is 10.5. The van der Waals surface area contributed by atoms with Gasteiger partial charge in [-0.25, -0.2) is 4.79 Å². The third-order valence-corrected chi connectivity index (χ3v) is 3.03. The van der Waals surface area contributed by atoms with Crippen LogP contribution in [0.1, 0.15) is 16.6 Å². The zero-order valence-electron chi connectivity index (χ0n) is 9.75. The molecule has 2 rings (SSSR count). The summed E-state index contributed by atoms with van der Waals surface area (Å²) in [6.07, 6.45) is 0. The highest BCUT2D eigenvalue weighted by Gasteiger charge is 2.08. The standard InChI is InChI=1S/C13H12O4S/c1-2-16-9-4-3-5-10(6-9)17-11-7-12(13(14)15)18-8-11/h3-8H,2H2,1H3,(H,14,15). The highest BCUT2D eigenvalue weighted by Crippen LogP contribution is 2.28. The Hall–Kier alpha value is -2.01. The van der Waals surface area contributed by atoms with Gasteiger partial charge in [0.1, 0.15) is 22.1 Å². The summed E-state index contributed by atoms with van der Waals surface area (Å²) in [5.41, 5.74) is 0. The van der Waals surface area contributed by atoms with E-state index in [0.29, 0.717) is 18.1 Å². The third kappa shape index (κ3) is 3.01. The Morgan fingerprint density at radius 1 is 1.28 bits per heavy atom. The summed E-state index contributed by atoms with van der Waals surface area (Å²) in [4.78, 5) is 11.0. The summed E-state index contributed by atoms with van der Waals surface area (Å²) in [6.45, 7) is 2.50. The van der Waals surface area contributed by atoms with Gasteiger partial charge in [-0.2, -0.15) is 0 Å². The molecule has 1 N–H and O–H groups in total. The molecule has 1 heterocycles. The van der Waals surface area contributed by atoms with Crippen molar-refractivity contribution in [2.75, 3.05) is 6.61 Å². The predicted octanol–water partition coefficient (Wildman–Crippen LogP) is 3.64. The molecule has 4 nitrogen and oxygen atoms in total. The Morgan fingerprint density at radius 2 is 2.06 bits per heavy atom. The van der Waals surface area contributed by atoms with E-state index in [-0.39, 0.29) is 4.88 Å². The molecule has 0 saturated carbocycles. The number of thiophene rings is 1. The first kappa shape index (κ1) is 12.4. The van der Waals surface area contributed by atoms with Crippen molar-refractivity contribution in [3.8, 4) is 17.2 Å². The van der Waals surface area contributed by atoms with Crippen LogP contribution in [0.25, 0.3) is 0 Å². The van der Waals surface area contributed by atoms with Crippen LogP contribution in [-0.4, -0.2) is 17.7 Å². The van der Waals surface area contributed by atoms with Crippen molar-refractivity contribution in [3.63, 3.8) is 0 Å². The second kappa shape index (κ2) is 5.55. The Bertz CT molecular complexity index is 547. The van der Waals surface area contributed by atoms with Gasteiger partial charge in [0.2, 0.25) is 0 Å². The zero-order valence-corrected chi connectivity index (χ0v) is 10.6. The molecule has 18 heavy (non-hydrogen) atoms. The van der Waals surface area contributed by atoms with E-state index in [2.05, 4.69) is 0 Å². The largest absolute Gasteiger partial charge is 0.494 e. The maximum atomic E-state index is 10.7. The lowest BCUT2D eigenvalue weighted by Crippen LogP contribution is -1.92. The Labute approximate surface area is 108 Å². The van der Waals surface area contributed by atoms with Crippen molar-refractivity contribution in [2.24, 2.45) is 0 Å². The van der Waals surface area contributed by atoms with Crippen LogP contribution in [0.4, 0.5) is 0 Å². The molecule has 0 spiro atoms. The fraction of sp³-hybridized carbons (Fsp3) is 0.154. The van der Waals surface area contributed by atoms with Crippen molar-refractivity contribution < 1.29 is 19.4 Å². The number of carboxylic acids is 1. The first-order valence-electron chi connectivity index (χ1n) is 5.41. The smallest absolute Gasteiger partial charge is 0.346 e. The number of benzene rings is 1. The van der Waals surface area contributed by atoms with Crippen molar-refractivity contribution >= 4 is 17.3 Å². The van der Waals surface area contributed by atoms with E-state index in [9.17, 15) is 4.79 Å². The molecule has 0 bridgehead atoms. The van der Waals surface area contributed by atoms with Crippen LogP contribution in [0.2, 0.25) is 0 Å². The van der Waals surface area contributed by atoms with Gasteiger partial charge in [0.05, 0.1) is 6.61 Å². The Kier molecular flexibility index (Phi) is 3.84. The minimum Gasteiger partial charge on any atom is -0.494 e. The third-order valence-electron chi connectivity index (χ3n) is 2.14. The highest BCUT2D eigenvalue weighted by molar-refractivity contribution is 7.12. The van der Waals surface area contributed by atoms with Crippen molar-refractivity contribution in [1.82, 2.24) is 0 Å². The summed E-state index contributed by atoms with van der Waals surface area (Å²) in [7, 11) is 0. The minimum atomic E-state index is -0.946. The molecule has 0 aliphatic carbocycles. The topological polar surface area (TPSA) is 55.8 Å². The summed E-state index contributed by atoms with van der Waals surface area (Å²) < 4.78 is 10.9. The summed E-state index contributed by atoms with van der Waals surface area (Å²) >= 11 is 1.14. The molecule has 1 aromatic heterocycles. The maximum absolute atomic E-state index is 10.7. The quantitative estimate of drug-likeness (QED) is 0.895. The minimum absolute atomic E-state index is 0.256. The average molecular weight is 264 g/mol. The number of carbonyl (C=O) groups is 1. The summed E-state index contributed by atoms with van der Waals surface area (Å²) in [6, 6.07) is 8.72. The molecule has 0 fully saturated rings. The first-order chi connectivity index (χ1) is 8.69. The Morgan fingerprint density at radius 3 is 2.72 bits per heavy atom. The van der Waals surface area contributed by atoms with E-state index in [1.54, 1.807) is 17.5 Å². The van der Waals surface area contributed by atoms with Gasteiger partial charge >= 0.3 is 5.97 Å². The molecule has 0 saturated heterocycles. The van der Waals surface area contributed by atoms with Crippen LogP contribution in [0.5, 0.6) is 17.2 Å². The van der Waals surface area contributed by atoms with E-state index in [0.717, 1.165) is 17.1 Å². The second-order valence-corrected chi connectivity index (χ2v) is 4.37. The molecule has 0 radical (unpaired) electrons. The average Bonchev–Trinajstić information content (AvgIpc) is 2.78. The van der Waals surface area contributed by atoms with Crippen molar-refractivity contribution in [2.45, 2.75) is 6.92 Å². The highest BCUT2D eigenvalue weighted by atomic mass is 32.1. The van der Waals surface area contributed by atoms with Gasteiger partial charge in [-0.1, -0.05) is 6.07 Å². The van der Waals surface area contributed by atoms with Gasteiger partial charge in [-0.05, 0) is 19.1 Å². The van der Waals surface area contributed by atoms with Gasteiger partial charge in [-0.15, -0.1) is 11.3 Å². The molecule has 0 unspecified atom stereocenters. The van der Waals surface area contributed by atoms with E-state index in [4.69, 9.17) is 14.6 Å². The second-order valence-electron chi connectivity index (χ2n) is 3.46. The number of aromatic carboxylic acids is 1. The number of hydrogen-bond acceptors (Lipinski definition) is 4. The van der Waals surface area contributed by atoms with E-state index >= 15 is 0 Å². The molecule has 0 atom stereocenters. The predicted molar refractivity (Wildman–Crippen MR) is 69.0 cm³/mol. The normalized spacial score (nSPS) is 10.1. The fourth-order valence-electron chi connectivity index (χ4n) is 1.41. The lowest BCUT2D eigenvalue weighted by atomic mass is 10.3. The first-order valence-corrected chi connectivity index (χ1v) is 6.29. The van der Waals surface area contributed by atoms with Gasteiger partial charge in [0, 0.05) is 17.5 Å². The monoisotopic (exact) mass is 264 g/mol. The van der Waals surface area contributed by atoms with Gasteiger partial charge < -0.3 is 14.6 Å². The van der Waals surface area contributed by atoms with Crippen LogP contribution in [0, 0.1) is 0 Å². The zero-order chi connectivity index (χ0) is 13.0. The van der Waals surface area contributed by atoms with E-state index in [1.807, 2.05) is 19.1 Å².